The smallest absolute Gasteiger partial charge is 0.215 e. The minimum Gasteiger partial charge on any atom is -0.327 e. The number of benzene rings is 1. The second-order valence-electron chi connectivity index (χ2n) is 5.93. The molecule has 25 heavy (non-hydrogen) atoms. The van der Waals surface area contributed by atoms with Crippen LogP contribution in [0.25, 0.3) is 6.08 Å². The molecule has 0 radical (unpaired) electrons. The first-order valence-corrected chi connectivity index (χ1v) is 12.1. The fourth-order valence-electron chi connectivity index (χ4n) is 2.60. The van der Waals surface area contributed by atoms with Gasteiger partial charge >= 0.3 is 0 Å². The summed E-state index contributed by atoms with van der Waals surface area (Å²) >= 11 is 5.82. The normalized spacial score (nSPS) is 12.8. The summed E-state index contributed by atoms with van der Waals surface area (Å²) in [5.41, 5.74) is 1.18. The largest absolute Gasteiger partial charge is 0.327 e. The highest BCUT2D eigenvalue weighted by molar-refractivity contribution is 8.11. The van der Waals surface area contributed by atoms with Gasteiger partial charge in [0, 0.05) is 5.31 Å². The van der Waals surface area contributed by atoms with Gasteiger partial charge in [-0.25, -0.2) is 0 Å². The average Bonchev–Trinajstić information content (AvgIpc) is 2.61. The van der Waals surface area contributed by atoms with Gasteiger partial charge in [-0.15, -0.1) is 0 Å². The summed E-state index contributed by atoms with van der Waals surface area (Å²) in [6.07, 6.45) is 13.5. The standard InChI is InChI=1S/C21H33O2PS/c1-4-7-8-9-13-18-21(24(25,22-5-2)23-6-3)19-14-17-20-15-11-10-12-16-20/h10-12,14-17,19H,4-9,13,18H2,1-3H3/b17-14+,21-19-. The fourth-order valence-corrected chi connectivity index (χ4v) is 5.47. The third-order valence-corrected chi connectivity index (χ3v) is 7.47. The van der Waals surface area contributed by atoms with E-state index in [-0.39, 0.29) is 0 Å². The second-order valence-corrected chi connectivity index (χ2v) is 9.45. The summed E-state index contributed by atoms with van der Waals surface area (Å²) < 4.78 is 11.8. The summed E-state index contributed by atoms with van der Waals surface area (Å²) in [4.78, 5) is 0. The molecule has 140 valence electrons. The van der Waals surface area contributed by atoms with E-state index in [1.165, 1.54) is 31.2 Å². The van der Waals surface area contributed by atoms with E-state index in [0.717, 1.165) is 18.2 Å². The molecule has 0 unspecified atom stereocenters. The Hall–Kier alpha value is -0.730. The van der Waals surface area contributed by atoms with Crippen LogP contribution in [-0.4, -0.2) is 13.2 Å². The van der Waals surface area contributed by atoms with Crippen LogP contribution in [0.2, 0.25) is 0 Å². The van der Waals surface area contributed by atoms with Crippen molar-refractivity contribution in [3.63, 3.8) is 0 Å². The van der Waals surface area contributed by atoms with Crippen molar-refractivity contribution in [2.45, 2.75) is 59.3 Å². The van der Waals surface area contributed by atoms with Crippen molar-refractivity contribution >= 4 is 24.4 Å². The lowest BCUT2D eigenvalue weighted by Gasteiger charge is -2.24. The van der Waals surface area contributed by atoms with Gasteiger partial charge in [-0.1, -0.05) is 81.2 Å². The van der Waals surface area contributed by atoms with E-state index in [9.17, 15) is 0 Å². The van der Waals surface area contributed by atoms with Crippen molar-refractivity contribution in [1.29, 1.82) is 0 Å². The quantitative estimate of drug-likeness (QED) is 0.203. The lowest BCUT2D eigenvalue weighted by atomic mass is 10.1. The van der Waals surface area contributed by atoms with Crippen molar-refractivity contribution in [2.75, 3.05) is 13.2 Å². The zero-order valence-electron chi connectivity index (χ0n) is 15.9. The van der Waals surface area contributed by atoms with E-state index in [1.54, 1.807) is 0 Å². The number of hydrogen-bond donors (Lipinski definition) is 0. The maximum Gasteiger partial charge on any atom is 0.215 e. The number of hydrogen-bond acceptors (Lipinski definition) is 3. The maximum atomic E-state index is 5.91. The molecule has 0 fully saturated rings. The van der Waals surface area contributed by atoms with Crippen LogP contribution in [0, 0.1) is 0 Å². The van der Waals surface area contributed by atoms with Crippen LogP contribution in [0.3, 0.4) is 0 Å². The van der Waals surface area contributed by atoms with Crippen molar-refractivity contribution in [2.24, 2.45) is 0 Å². The molecule has 1 aromatic rings. The van der Waals surface area contributed by atoms with E-state index in [0.29, 0.717) is 13.2 Å². The molecule has 0 atom stereocenters. The molecule has 0 saturated carbocycles. The molecule has 0 aliphatic heterocycles. The highest BCUT2D eigenvalue weighted by Gasteiger charge is 2.23. The highest BCUT2D eigenvalue weighted by atomic mass is 32.5. The van der Waals surface area contributed by atoms with Gasteiger partial charge in [0.25, 0.3) is 0 Å². The van der Waals surface area contributed by atoms with Gasteiger partial charge in [-0.2, -0.15) is 0 Å². The summed E-state index contributed by atoms with van der Waals surface area (Å²) in [5.74, 6) is 0. The van der Waals surface area contributed by atoms with Crippen molar-refractivity contribution in [3.8, 4) is 0 Å². The maximum absolute atomic E-state index is 5.91. The van der Waals surface area contributed by atoms with Gasteiger partial charge < -0.3 is 9.05 Å². The minimum absolute atomic E-state index is 0.590. The Morgan fingerprint density at radius 1 is 0.960 bits per heavy atom. The SMILES string of the molecule is CCCCCCC/C(=C/C=C/c1ccccc1)P(=S)(OCC)OCC. The third kappa shape index (κ3) is 8.96. The van der Waals surface area contributed by atoms with Crippen molar-refractivity contribution < 1.29 is 9.05 Å². The Morgan fingerprint density at radius 3 is 2.20 bits per heavy atom. The molecule has 0 amide bonds. The van der Waals surface area contributed by atoms with E-state index < -0.39 is 6.49 Å². The molecule has 0 N–H and O–H groups in total. The zero-order valence-corrected chi connectivity index (χ0v) is 17.7. The molecular formula is C21H33O2PS. The minimum atomic E-state index is -2.36. The van der Waals surface area contributed by atoms with Gasteiger partial charge in [0.15, 0.2) is 0 Å². The van der Waals surface area contributed by atoms with E-state index in [1.807, 2.05) is 32.0 Å². The number of unbranched alkanes of at least 4 members (excludes halogenated alkanes) is 4. The first-order chi connectivity index (χ1) is 12.2. The molecule has 0 aliphatic carbocycles. The summed E-state index contributed by atoms with van der Waals surface area (Å²) in [6, 6.07) is 10.3. The van der Waals surface area contributed by atoms with Crippen LogP contribution < -0.4 is 0 Å². The van der Waals surface area contributed by atoms with E-state index in [4.69, 9.17) is 20.9 Å². The number of allylic oxidation sites excluding steroid dienone is 3. The second kappa shape index (κ2) is 13.5. The Kier molecular flexibility index (Phi) is 12.0. The molecule has 0 spiro atoms. The lowest BCUT2D eigenvalue weighted by Crippen LogP contribution is -1.99. The van der Waals surface area contributed by atoms with Crippen LogP contribution in [0.4, 0.5) is 0 Å². The molecule has 0 saturated heterocycles. The third-order valence-electron chi connectivity index (χ3n) is 3.86. The predicted octanol–water partition coefficient (Wildman–Crippen LogP) is 7.33. The molecule has 0 aliphatic rings. The topological polar surface area (TPSA) is 18.5 Å². The molecule has 4 heteroatoms. The van der Waals surface area contributed by atoms with Crippen molar-refractivity contribution in [3.05, 3.63) is 53.4 Å². The Morgan fingerprint density at radius 2 is 1.60 bits per heavy atom. The van der Waals surface area contributed by atoms with Crippen LogP contribution in [0.1, 0.15) is 64.9 Å². The Bertz CT molecular complexity index is 557. The van der Waals surface area contributed by atoms with Crippen LogP contribution in [0.5, 0.6) is 0 Å². The van der Waals surface area contributed by atoms with Gasteiger partial charge in [0.1, 0.15) is 0 Å². The van der Waals surface area contributed by atoms with Crippen LogP contribution in [-0.2, 0) is 20.9 Å². The van der Waals surface area contributed by atoms with Gasteiger partial charge in [-0.3, -0.25) is 0 Å². The first kappa shape index (κ1) is 22.3. The molecule has 1 aromatic carbocycles. The number of rotatable bonds is 13. The molecule has 0 bridgehead atoms. The van der Waals surface area contributed by atoms with E-state index in [2.05, 4.69) is 37.3 Å². The van der Waals surface area contributed by atoms with Crippen molar-refractivity contribution in [1.82, 2.24) is 0 Å². The lowest BCUT2D eigenvalue weighted by molar-refractivity contribution is 0.271. The molecule has 1 rings (SSSR count). The van der Waals surface area contributed by atoms with Crippen LogP contribution in [0.15, 0.2) is 47.8 Å². The summed E-state index contributed by atoms with van der Waals surface area (Å²) in [5, 5.41) is 1.15. The summed E-state index contributed by atoms with van der Waals surface area (Å²) in [6.45, 7) is 5.03. The zero-order chi connectivity index (χ0) is 18.4. The van der Waals surface area contributed by atoms with E-state index >= 15 is 0 Å². The van der Waals surface area contributed by atoms with Gasteiger partial charge in [0.05, 0.1) is 13.2 Å². The highest BCUT2D eigenvalue weighted by Crippen LogP contribution is 2.58. The van der Waals surface area contributed by atoms with Crippen LogP contribution >= 0.6 is 6.49 Å². The summed E-state index contributed by atoms with van der Waals surface area (Å²) in [7, 11) is 0. The average molecular weight is 381 g/mol. The monoisotopic (exact) mass is 380 g/mol. The fraction of sp³-hybridized carbons (Fsp3) is 0.524. The molecule has 0 aromatic heterocycles. The Balaban J connectivity index is 2.86. The Labute approximate surface area is 159 Å². The van der Waals surface area contributed by atoms with Gasteiger partial charge in [0.2, 0.25) is 6.49 Å². The first-order valence-electron chi connectivity index (χ1n) is 9.48. The molecule has 2 nitrogen and oxygen atoms in total. The predicted molar refractivity (Wildman–Crippen MR) is 114 cm³/mol. The molecular weight excluding hydrogens is 347 g/mol. The molecule has 0 heterocycles. The van der Waals surface area contributed by atoms with Gasteiger partial charge in [-0.05, 0) is 44.1 Å².